The quantitative estimate of drug-likeness (QED) is 0.556. The van der Waals surface area contributed by atoms with E-state index in [2.05, 4.69) is 0 Å². The Hall–Kier alpha value is -2.09. The van der Waals surface area contributed by atoms with E-state index in [-0.39, 0.29) is 30.8 Å². The van der Waals surface area contributed by atoms with E-state index in [9.17, 15) is 9.90 Å². The highest BCUT2D eigenvalue weighted by atomic mass is 16.7. The van der Waals surface area contributed by atoms with E-state index in [1.807, 2.05) is 60.7 Å². The Morgan fingerprint density at radius 3 is 2.30 bits per heavy atom. The van der Waals surface area contributed by atoms with Crippen molar-refractivity contribution in [3.63, 3.8) is 0 Å². The molecule has 2 aromatic rings. The standard InChI is InChI=1S/C27H34O6/c28-23(12-11-21-7-3-1-4-8-21)15-24(29)16-25-17-27(31-13-14-32-27)18-26(33-25)20-30-19-22-9-5-2-6-10-22/h1-10,23,25-26,28H,11-20H2/t23-,25+,26-/m1/s1. The van der Waals surface area contributed by atoms with Gasteiger partial charge in [-0.25, -0.2) is 0 Å². The monoisotopic (exact) mass is 454 g/mol. The van der Waals surface area contributed by atoms with Crippen LogP contribution in [-0.4, -0.2) is 54.8 Å². The molecule has 0 amide bonds. The number of hydrogen-bond acceptors (Lipinski definition) is 6. The fourth-order valence-corrected chi connectivity index (χ4v) is 4.66. The van der Waals surface area contributed by atoms with Crippen molar-refractivity contribution >= 4 is 5.78 Å². The number of carbonyl (C=O) groups is 1. The van der Waals surface area contributed by atoms with Crippen LogP contribution >= 0.6 is 0 Å². The van der Waals surface area contributed by atoms with E-state index in [1.54, 1.807) is 0 Å². The zero-order chi connectivity index (χ0) is 22.9. The third kappa shape index (κ3) is 7.45. The Kier molecular flexibility index (Phi) is 8.64. The number of rotatable bonds is 11. The number of hydrogen-bond donors (Lipinski definition) is 1. The van der Waals surface area contributed by atoms with Gasteiger partial charge in [0.15, 0.2) is 5.79 Å². The number of ketones is 1. The largest absolute Gasteiger partial charge is 0.393 e. The fourth-order valence-electron chi connectivity index (χ4n) is 4.66. The van der Waals surface area contributed by atoms with E-state index in [0.29, 0.717) is 45.7 Å². The van der Waals surface area contributed by atoms with Gasteiger partial charge in [-0.05, 0) is 24.0 Å². The summed E-state index contributed by atoms with van der Waals surface area (Å²) in [5.74, 6) is -0.699. The minimum atomic E-state index is -0.699. The van der Waals surface area contributed by atoms with Gasteiger partial charge in [0.05, 0.1) is 44.7 Å². The Labute approximate surface area is 195 Å². The van der Waals surface area contributed by atoms with Crippen LogP contribution in [0.3, 0.4) is 0 Å². The van der Waals surface area contributed by atoms with E-state index in [4.69, 9.17) is 18.9 Å². The number of aliphatic hydroxyl groups is 1. The summed E-state index contributed by atoms with van der Waals surface area (Å²) < 4.78 is 24.0. The van der Waals surface area contributed by atoms with Gasteiger partial charge >= 0.3 is 0 Å². The molecular weight excluding hydrogens is 420 g/mol. The van der Waals surface area contributed by atoms with Gasteiger partial charge in [0.2, 0.25) is 0 Å². The zero-order valence-corrected chi connectivity index (χ0v) is 19.1. The van der Waals surface area contributed by atoms with Crippen molar-refractivity contribution < 1.29 is 28.8 Å². The molecule has 0 aliphatic carbocycles. The minimum absolute atomic E-state index is 0.000405. The fraction of sp³-hybridized carbons (Fsp3) is 0.519. The SMILES string of the molecule is O=C(C[C@H](O)CCc1ccccc1)C[C@H]1CC2(C[C@H](COCc3ccccc3)O1)OCCO2. The maximum atomic E-state index is 12.7. The molecule has 0 saturated carbocycles. The van der Waals surface area contributed by atoms with Gasteiger partial charge in [0.25, 0.3) is 0 Å². The summed E-state index contributed by atoms with van der Waals surface area (Å²) in [5, 5.41) is 10.4. The van der Waals surface area contributed by atoms with Crippen LogP contribution < -0.4 is 0 Å². The Morgan fingerprint density at radius 2 is 1.61 bits per heavy atom. The summed E-state index contributed by atoms with van der Waals surface area (Å²) >= 11 is 0. The predicted octanol–water partition coefficient (Wildman–Crippen LogP) is 3.84. The smallest absolute Gasteiger partial charge is 0.173 e. The van der Waals surface area contributed by atoms with Crippen LogP contribution in [-0.2, 0) is 36.8 Å². The second-order valence-electron chi connectivity index (χ2n) is 9.02. The zero-order valence-electron chi connectivity index (χ0n) is 19.1. The molecule has 1 spiro atoms. The molecule has 6 heteroatoms. The molecule has 0 unspecified atom stereocenters. The number of aliphatic hydroxyl groups excluding tert-OH is 1. The molecule has 0 radical (unpaired) electrons. The molecule has 178 valence electrons. The van der Waals surface area contributed by atoms with Crippen molar-refractivity contribution in [2.24, 2.45) is 0 Å². The number of aryl methyl sites for hydroxylation is 1. The minimum Gasteiger partial charge on any atom is -0.393 e. The second kappa shape index (κ2) is 11.9. The van der Waals surface area contributed by atoms with Crippen LogP contribution in [0.1, 0.15) is 43.2 Å². The van der Waals surface area contributed by atoms with Gasteiger partial charge in [0.1, 0.15) is 5.78 Å². The van der Waals surface area contributed by atoms with E-state index >= 15 is 0 Å². The average molecular weight is 455 g/mol. The van der Waals surface area contributed by atoms with E-state index in [1.165, 1.54) is 0 Å². The topological polar surface area (TPSA) is 74.2 Å². The highest BCUT2D eigenvalue weighted by molar-refractivity contribution is 5.79. The molecule has 6 nitrogen and oxygen atoms in total. The first kappa shape index (κ1) is 24.0. The lowest BCUT2D eigenvalue weighted by atomic mass is 9.93. The Balaban J connectivity index is 1.25. The maximum absolute atomic E-state index is 12.7. The van der Waals surface area contributed by atoms with Crippen LogP contribution in [0, 0.1) is 0 Å². The lowest BCUT2D eigenvalue weighted by Crippen LogP contribution is -2.48. The molecule has 0 aromatic heterocycles. The first-order valence-corrected chi connectivity index (χ1v) is 11.9. The molecule has 33 heavy (non-hydrogen) atoms. The first-order valence-electron chi connectivity index (χ1n) is 11.9. The number of ether oxygens (including phenoxy) is 4. The maximum Gasteiger partial charge on any atom is 0.173 e. The van der Waals surface area contributed by atoms with Gasteiger partial charge in [-0.2, -0.15) is 0 Å². The van der Waals surface area contributed by atoms with Crippen LogP contribution in [0.15, 0.2) is 60.7 Å². The molecule has 2 aliphatic rings. The molecule has 2 fully saturated rings. The van der Waals surface area contributed by atoms with Crippen molar-refractivity contribution in [3.8, 4) is 0 Å². The summed E-state index contributed by atoms with van der Waals surface area (Å²) in [4.78, 5) is 12.7. The average Bonchev–Trinajstić information content (AvgIpc) is 3.25. The number of Topliss-reactive ketones (excluding diaryl/α,β-unsaturated/α-hetero) is 1. The molecule has 2 aliphatic heterocycles. The number of carbonyl (C=O) groups excluding carboxylic acids is 1. The number of benzene rings is 2. The van der Waals surface area contributed by atoms with E-state index in [0.717, 1.165) is 17.5 Å². The van der Waals surface area contributed by atoms with Crippen LogP contribution in [0.2, 0.25) is 0 Å². The molecular formula is C27H34O6. The summed E-state index contributed by atoms with van der Waals surface area (Å²) in [5.41, 5.74) is 2.27. The molecule has 2 saturated heterocycles. The molecule has 2 heterocycles. The molecule has 0 bridgehead atoms. The van der Waals surface area contributed by atoms with Gasteiger partial charge < -0.3 is 24.1 Å². The Bertz CT molecular complexity index is 849. The predicted molar refractivity (Wildman–Crippen MR) is 124 cm³/mol. The van der Waals surface area contributed by atoms with Crippen molar-refractivity contribution in [3.05, 3.63) is 71.8 Å². The molecule has 3 atom stereocenters. The van der Waals surface area contributed by atoms with Crippen LogP contribution in [0.5, 0.6) is 0 Å². The van der Waals surface area contributed by atoms with Gasteiger partial charge in [-0.15, -0.1) is 0 Å². The third-order valence-corrected chi connectivity index (χ3v) is 6.22. The second-order valence-corrected chi connectivity index (χ2v) is 9.02. The van der Waals surface area contributed by atoms with Crippen LogP contribution in [0.25, 0.3) is 0 Å². The van der Waals surface area contributed by atoms with Gasteiger partial charge in [-0.1, -0.05) is 60.7 Å². The highest BCUT2D eigenvalue weighted by Crippen LogP contribution is 2.37. The summed E-state index contributed by atoms with van der Waals surface area (Å²) in [7, 11) is 0. The highest BCUT2D eigenvalue weighted by Gasteiger charge is 2.46. The molecule has 2 aromatic carbocycles. The van der Waals surface area contributed by atoms with Crippen molar-refractivity contribution in [1.29, 1.82) is 0 Å². The normalized spacial score (nSPS) is 22.9. The summed E-state index contributed by atoms with van der Waals surface area (Å²) in [6, 6.07) is 20.0. The van der Waals surface area contributed by atoms with Crippen molar-refractivity contribution in [2.75, 3.05) is 19.8 Å². The summed E-state index contributed by atoms with van der Waals surface area (Å²) in [6.07, 6.45) is 1.63. The lowest BCUT2D eigenvalue weighted by molar-refractivity contribution is -0.247. The van der Waals surface area contributed by atoms with Crippen LogP contribution in [0.4, 0.5) is 0 Å². The molecule has 1 N–H and O–H groups in total. The molecule has 4 rings (SSSR count). The van der Waals surface area contributed by atoms with Crippen molar-refractivity contribution in [1.82, 2.24) is 0 Å². The van der Waals surface area contributed by atoms with Gasteiger partial charge in [0, 0.05) is 25.7 Å². The third-order valence-electron chi connectivity index (χ3n) is 6.22. The Morgan fingerprint density at radius 1 is 0.970 bits per heavy atom. The first-order chi connectivity index (χ1) is 16.1. The van der Waals surface area contributed by atoms with Gasteiger partial charge in [-0.3, -0.25) is 4.79 Å². The summed E-state index contributed by atoms with van der Waals surface area (Å²) in [6.45, 7) is 2.02. The van der Waals surface area contributed by atoms with E-state index < -0.39 is 11.9 Å². The lowest BCUT2D eigenvalue weighted by Gasteiger charge is -2.40. The van der Waals surface area contributed by atoms with Crippen molar-refractivity contribution in [2.45, 2.75) is 69.2 Å².